The van der Waals surface area contributed by atoms with Crippen LogP contribution in [0.5, 0.6) is 0 Å². The van der Waals surface area contributed by atoms with Crippen molar-refractivity contribution in [2.45, 2.75) is 44.0 Å². The average Bonchev–Trinajstić information content (AvgIpc) is 2.41. The van der Waals surface area contributed by atoms with Crippen molar-refractivity contribution in [3.8, 4) is 0 Å². The molecule has 4 nitrogen and oxygen atoms in total. The summed E-state index contributed by atoms with van der Waals surface area (Å²) in [5.41, 5.74) is -0.759. The fraction of sp³-hybridized carbons (Fsp3) is 0.500. The number of benzene rings is 1. The van der Waals surface area contributed by atoms with Gasteiger partial charge < -0.3 is 15.7 Å². The number of aliphatic hydroxyl groups is 1. The van der Waals surface area contributed by atoms with Gasteiger partial charge in [0, 0.05) is 5.69 Å². The van der Waals surface area contributed by atoms with Gasteiger partial charge in [-0.15, -0.1) is 0 Å². The quantitative estimate of drug-likeness (QED) is 0.786. The van der Waals surface area contributed by atoms with Crippen molar-refractivity contribution in [2.75, 3.05) is 5.32 Å². The highest BCUT2D eigenvalue weighted by atomic mass is 19.4. The Balaban J connectivity index is 1.96. The molecule has 0 heterocycles. The van der Waals surface area contributed by atoms with E-state index in [0.29, 0.717) is 12.8 Å². The van der Waals surface area contributed by atoms with Crippen LogP contribution in [0.2, 0.25) is 0 Å². The number of amides is 2. The molecule has 0 saturated heterocycles. The number of aliphatic hydroxyl groups excluding tert-OH is 1. The molecule has 1 aromatic rings. The Hall–Kier alpha value is -1.76. The van der Waals surface area contributed by atoms with Gasteiger partial charge in [-0.2, -0.15) is 13.2 Å². The van der Waals surface area contributed by atoms with Gasteiger partial charge in [0.1, 0.15) is 0 Å². The molecule has 0 unspecified atom stereocenters. The Morgan fingerprint density at radius 3 is 2.62 bits per heavy atom. The lowest BCUT2D eigenvalue weighted by Gasteiger charge is -2.28. The topological polar surface area (TPSA) is 61.4 Å². The summed E-state index contributed by atoms with van der Waals surface area (Å²) in [6.45, 7) is 0. The monoisotopic (exact) mass is 302 g/mol. The number of urea groups is 1. The molecule has 2 rings (SSSR count). The summed E-state index contributed by atoms with van der Waals surface area (Å²) in [4.78, 5) is 11.8. The van der Waals surface area contributed by atoms with Crippen molar-refractivity contribution in [3.63, 3.8) is 0 Å². The molecule has 2 atom stereocenters. The second-order valence-corrected chi connectivity index (χ2v) is 5.14. The molecule has 7 heteroatoms. The molecule has 3 N–H and O–H groups in total. The van der Waals surface area contributed by atoms with E-state index in [1.54, 1.807) is 0 Å². The van der Waals surface area contributed by atoms with E-state index < -0.39 is 23.9 Å². The van der Waals surface area contributed by atoms with E-state index in [9.17, 15) is 23.1 Å². The molecule has 2 amide bonds. The number of carbonyl (C=O) groups excluding carboxylic acids is 1. The van der Waals surface area contributed by atoms with Crippen LogP contribution in [-0.2, 0) is 6.18 Å². The molecule has 1 aliphatic rings. The lowest BCUT2D eigenvalue weighted by molar-refractivity contribution is -0.137. The molecule has 0 bridgehead atoms. The molecule has 1 aromatic carbocycles. The van der Waals surface area contributed by atoms with E-state index in [1.165, 1.54) is 12.1 Å². The first-order valence-corrected chi connectivity index (χ1v) is 6.79. The average molecular weight is 302 g/mol. The number of nitrogens with one attached hydrogen (secondary N) is 2. The SMILES string of the molecule is O=C(Nc1cccc(C(F)(F)F)c1)N[C@H]1CCCC[C@@H]1O. The summed E-state index contributed by atoms with van der Waals surface area (Å²) in [7, 11) is 0. The summed E-state index contributed by atoms with van der Waals surface area (Å²) in [5.74, 6) is 0. The van der Waals surface area contributed by atoms with E-state index >= 15 is 0 Å². The lowest BCUT2D eigenvalue weighted by Crippen LogP contribution is -2.46. The Kier molecular flexibility index (Phi) is 4.72. The molecule has 1 aliphatic carbocycles. The molecule has 116 valence electrons. The minimum Gasteiger partial charge on any atom is -0.391 e. The van der Waals surface area contributed by atoms with Gasteiger partial charge in [0.05, 0.1) is 17.7 Å². The number of anilines is 1. The van der Waals surface area contributed by atoms with Gasteiger partial charge >= 0.3 is 12.2 Å². The fourth-order valence-electron chi connectivity index (χ4n) is 2.39. The molecular weight excluding hydrogens is 285 g/mol. The number of rotatable bonds is 2. The second-order valence-electron chi connectivity index (χ2n) is 5.14. The first-order valence-electron chi connectivity index (χ1n) is 6.79. The standard InChI is InChI=1S/C14H17F3N2O2/c15-14(16,17)9-4-3-5-10(8-9)18-13(21)19-11-6-1-2-7-12(11)20/h3-5,8,11-12,20H,1-2,6-7H2,(H2,18,19,21)/t11-,12-/m0/s1. The summed E-state index contributed by atoms with van der Waals surface area (Å²) in [6, 6.07) is 3.45. The van der Waals surface area contributed by atoms with E-state index in [2.05, 4.69) is 10.6 Å². The van der Waals surface area contributed by atoms with Crippen molar-refractivity contribution < 1.29 is 23.1 Å². The van der Waals surface area contributed by atoms with Crippen LogP contribution < -0.4 is 10.6 Å². The predicted octanol–water partition coefficient (Wildman–Crippen LogP) is 3.13. The first kappa shape index (κ1) is 15.6. The van der Waals surface area contributed by atoms with Crippen molar-refractivity contribution in [1.29, 1.82) is 0 Å². The zero-order valence-corrected chi connectivity index (χ0v) is 11.3. The molecule has 21 heavy (non-hydrogen) atoms. The van der Waals surface area contributed by atoms with Gasteiger partial charge in [-0.3, -0.25) is 0 Å². The smallest absolute Gasteiger partial charge is 0.391 e. The highest BCUT2D eigenvalue weighted by Crippen LogP contribution is 2.30. The van der Waals surface area contributed by atoms with Crippen LogP contribution in [0.25, 0.3) is 0 Å². The summed E-state index contributed by atoms with van der Waals surface area (Å²) >= 11 is 0. The van der Waals surface area contributed by atoms with E-state index in [4.69, 9.17) is 0 Å². The zero-order chi connectivity index (χ0) is 15.5. The number of alkyl halides is 3. The van der Waals surface area contributed by atoms with Crippen molar-refractivity contribution in [3.05, 3.63) is 29.8 Å². The maximum Gasteiger partial charge on any atom is 0.416 e. The predicted molar refractivity (Wildman–Crippen MR) is 71.9 cm³/mol. The van der Waals surface area contributed by atoms with Gasteiger partial charge in [0.25, 0.3) is 0 Å². The van der Waals surface area contributed by atoms with Gasteiger partial charge in [-0.25, -0.2) is 4.79 Å². The minimum atomic E-state index is -4.45. The number of hydrogen-bond donors (Lipinski definition) is 3. The van der Waals surface area contributed by atoms with E-state index in [0.717, 1.165) is 25.0 Å². The molecule has 1 saturated carbocycles. The van der Waals surface area contributed by atoms with Crippen LogP contribution in [-0.4, -0.2) is 23.3 Å². The Morgan fingerprint density at radius 1 is 1.24 bits per heavy atom. The Labute approximate surface area is 120 Å². The molecule has 0 aliphatic heterocycles. The number of hydrogen-bond acceptors (Lipinski definition) is 2. The third-order valence-corrected chi connectivity index (χ3v) is 3.49. The normalized spacial score (nSPS) is 22.7. The van der Waals surface area contributed by atoms with Crippen molar-refractivity contribution in [2.24, 2.45) is 0 Å². The van der Waals surface area contributed by atoms with Crippen LogP contribution in [0.3, 0.4) is 0 Å². The maximum atomic E-state index is 12.6. The molecule has 0 spiro atoms. The van der Waals surface area contributed by atoms with Crippen LogP contribution in [0.1, 0.15) is 31.2 Å². The Morgan fingerprint density at radius 2 is 1.95 bits per heavy atom. The zero-order valence-electron chi connectivity index (χ0n) is 11.3. The number of halogens is 3. The van der Waals surface area contributed by atoms with Crippen LogP contribution >= 0.6 is 0 Å². The van der Waals surface area contributed by atoms with E-state index in [-0.39, 0.29) is 11.7 Å². The third kappa shape index (κ3) is 4.35. The van der Waals surface area contributed by atoms with Crippen LogP contribution in [0, 0.1) is 0 Å². The van der Waals surface area contributed by atoms with E-state index in [1.807, 2.05) is 0 Å². The summed E-state index contributed by atoms with van der Waals surface area (Å²) in [6.07, 6.45) is -1.95. The molecule has 0 radical (unpaired) electrons. The van der Waals surface area contributed by atoms with Crippen molar-refractivity contribution >= 4 is 11.7 Å². The molecule has 1 fully saturated rings. The lowest BCUT2D eigenvalue weighted by atomic mass is 9.93. The largest absolute Gasteiger partial charge is 0.416 e. The molecular formula is C14H17F3N2O2. The van der Waals surface area contributed by atoms with Crippen LogP contribution in [0.4, 0.5) is 23.7 Å². The highest BCUT2D eigenvalue weighted by Gasteiger charge is 2.30. The maximum absolute atomic E-state index is 12.6. The first-order chi connectivity index (χ1) is 9.86. The molecule has 0 aromatic heterocycles. The van der Waals surface area contributed by atoms with Crippen molar-refractivity contribution in [1.82, 2.24) is 5.32 Å². The number of carbonyl (C=O) groups is 1. The van der Waals surface area contributed by atoms with Gasteiger partial charge in [0.2, 0.25) is 0 Å². The second kappa shape index (κ2) is 6.34. The van der Waals surface area contributed by atoms with Gasteiger partial charge in [-0.05, 0) is 31.0 Å². The third-order valence-electron chi connectivity index (χ3n) is 3.49. The fourth-order valence-corrected chi connectivity index (χ4v) is 2.39. The highest BCUT2D eigenvalue weighted by molar-refractivity contribution is 5.89. The van der Waals surface area contributed by atoms with Gasteiger partial charge in [0.15, 0.2) is 0 Å². The van der Waals surface area contributed by atoms with Crippen LogP contribution in [0.15, 0.2) is 24.3 Å². The minimum absolute atomic E-state index is 0.0626. The van der Waals surface area contributed by atoms with Gasteiger partial charge in [-0.1, -0.05) is 18.9 Å². The summed E-state index contributed by atoms with van der Waals surface area (Å²) in [5, 5.41) is 14.7. The Bertz CT molecular complexity index is 505. The summed E-state index contributed by atoms with van der Waals surface area (Å²) < 4.78 is 37.7.